The monoisotopic (exact) mass is 450 g/mol. The van der Waals surface area contributed by atoms with Crippen molar-refractivity contribution in [3.63, 3.8) is 0 Å². The Balaban J connectivity index is 1.63. The largest absolute Gasteiger partial charge is 0.347 e. The summed E-state index contributed by atoms with van der Waals surface area (Å²) in [5.41, 5.74) is 8.35. The number of hydrazone groups is 1. The van der Waals surface area contributed by atoms with Gasteiger partial charge in [-0.25, -0.2) is 14.4 Å². The Morgan fingerprint density at radius 1 is 1.03 bits per heavy atom. The Morgan fingerprint density at radius 3 is 2.24 bits per heavy atom. The lowest BCUT2D eigenvalue weighted by atomic mass is 10.1. The highest BCUT2D eigenvalue weighted by molar-refractivity contribution is 5.97. The molecular formula is C23H25FN7O2+. The van der Waals surface area contributed by atoms with Gasteiger partial charge in [-0.1, -0.05) is 24.3 Å². The van der Waals surface area contributed by atoms with Gasteiger partial charge in [-0.05, 0) is 42.3 Å². The molecular weight excluding hydrogens is 425 g/mol. The van der Waals surface area contributed by atoms with Crippen LogP contribution in [0.3, 0.4) is 0 Å². The van der Waals surface area contributed by atoms with Crippen molar-refractivity contribution in [1.82, 2.24) is 20.6 Å². The predicted octanol–water partition coefficient (Wildman–Crippen LogP) is 1.26. The molecule has 170 valence electrons. The van der Waals surface area contributed by atoms with Crippen LogP contribution in [0.4, 0.5) is 4.39 Å². The molecule has 0 aliphatic rings. The van der Waals surface area contributed by atoms with Crippen LogP contribution in [0.15, 0.2) is 60.9 Å². The predicted molar refractivity (Wildman–Crippen MR) is 121 cm³/mol. The van der Waals surface area contributed by atoms with E-state index >= 15 is 0 Å². The number of carbonyl (C=O) groups is 2. The Bertz CT molecular complexity index is 1170. The van der Waals surface area contributed by atoms with Gasteiger partial charge in [0.2, 0.25) is 0 Å². The van der Waals surface area contributed by atoms with Crippen LogP contribution in [0.1, 0.15) is 50.6 Å². The van der Waals surface area contributed by atoms with E-state index in [1.165, 1.54) is 22.9 Å². The second kappa shape index (κ2) is 10.3. The van der Waals surface area contributed by atoms with Gasteiger partial charge in [0.1, 0.15) is 30.6 Å². The first-order valence-corrected chi connectivity index (χ1v) is 10.1. The van der Waals surface area contributed by atoms with Gasteiger partial charge < -0.3 is 10.6 Å². The zero-order valence-electron chi connectivity index (χ0n) is 18.2. The standard InChI is InChI=1S/C23H24FN7O2/c1-14(16-5-7-17(8-6-16)21(25)31(2)26)30-23(33)20-11-19(28-13-29-20)22(32)27-12-15-3-9-18(24)10-4-15/h3-11,13-14,25H,12,26H2,1-2H3,(H2,27,30,32,33)/p+1. The van der Waals surface area contributed by atoms with Crippen LogP contribution in [0.25, 0.3) is 0 Å². The first-order valence-electron chi connectivity index (χ1n) is 10.1. The third-order valence-corrected chi connectivity index (χ3v) is 4.93. The molecule has 6 N–H and O–H groups in total. The van der Waals surface area contributed by atoms with Crippen molar-refractivity contribution >= 4 is 17.6 Å². The highest BCUT2D eigenvalue weighted by Crippen LogP contribution is 2.14. The van der Waals surface area contributed by atoms with Gasteiger partial charge in [0.05, 0.1) is 11.6 Å². The maximum absolute atomic E-state index is 13.0. The van der Waals surface area contributed by atoms with E-state index in [0.29, 0.717) is 5.84 Å². The van der Waals surface area contributed by atoms with E-state index in [2.05, 4.69) is 20.6 Å². The SMILES string of the molecule is CC(NC(=O)c1cc(C(=O)NCc2ccc(F)cc2)ncn1)c1ccc(C(N)=[N+](C)N)cc1. The number of hydrazine groups is 1. The molecule has 0 fully saturated rings. The van der Waals surface area contributed by atoms with Crippen LogP contribution in [-0.2, 0) is 6.54 Å². The summed E-state index contributed by atoms with van der Waals surface area (Å²) in [4.78, 5) is 33.0. The number of nitrogens with two attached hydrogens (primary N) is 2. The number of nitrogens with zero attached hydrogens (tertiary/aromatic N) is 3. The minimum absolute atomic E-state index is 0.0474. The topological polar surface area (TPSA) is 139 Å². The Kier molecular flexibility index (Phi) is 7.29. The number of aromatic nitrogens is 2. The van der Waals surface area contributed by atoms with Crippen LogP contribution in [0.2, 0.25) is 0 Å². The molecule has 0 aliphatic carbocycles. The minimum atomic E-state index is -0.474. The summed E-state index contributed by atoms with van der Waals surface area (Å²) in [7, 11) is 1.64. The number of carbonyl (C=O) groups excluding carboxylic acids is 2. The van der Waals surface area contributed by atoms with E-state index < -0.39 is 11.8 Å². The van der Waals surface area contributed by atoms with Gasteiger partial charge >= 0.3 is 0 Å². The fourth-order valence-electron chi connectivity index (χ4n) is 2.98. The molecule has 1 atom stereocenters. The van der Waals surface area contributed by atoms with E-state index in [0.717, 1.165) is 23.0 Å². The molecule has 1 heterocycles. The van der Waals surface area contributed by atoms with Crippen molar-refractivity contribution in [3.05, 3.63) is 94.8 Å². The zero-order chi connectivity index (χ0) is 24.0. The fourth-order valence-corrected chi connectivity index (χ4v) is 2.98. The van der Waals surface area contributed by atoms with Crippen molar-refractivity contribution in [2.75, 3.05) is 7.05 Å². The summed E-state index contributed by atoms with van der Waals surface area (Å²) in [6.45, 7) is 2.02. The summed E-state index contributed by atoms with van der Waals surface area (Å²) >= 11 is 0. The van der Waals surface area contributed by atoms with E-state index in [1.54, 1.807) is 19.2 Å². The van der Waals surface area contributed by atoms with Gasteiger partial charge in [0, 0.05) is 12.6 Å². The third kappa shape index (κ3) is 6.10. The number of amides is 2. The third-order valence-electron chi connectivity index (χ3n) is 4.93. The van der Waals surface area contributed by atoms with Crippen LogP contribution in [0.5, 0.6) is 0 Å². The minimum Gasteiger partial charge on any atom is -0.347 e. The van der Waals surface area contributed by atoms with Gasteiger partial charge in [-0.15, -0.1) is 0 Å². The number of hydrogen-bond acceptors (Lipinski definition) is 5. The highest BCUT2D eigenvalue weighted by Gasteiger charge is 2.16. The molecule has 0 saturated heterocycles. The fraction of sp³-hybridized carbons (Fsp3) is 0.174. The van der Waals surface area contributed by atoms with Crippen LogP contribution >= 0.6 is 0 Å². The molecule has 3 rings (SSSR count). The van der Waals surface area contributed by atoms with Gasteiger partial charge in [0.25, 0.3) is 17.6 Å². The van der Waals surface area contributed by atoms with E-state index in [9.17, 15) is 14.0 Å². The summed E-state index contributed by atoms with van der Waals surface area (Å²) in [6.07, 6.45) is 1.16. The first kappa shape index (κ1) is 23.3. The normalized spacial score (nSPS) is 12.5. The first-order chi connectivity index (χ1) is 15.7. The Labute approximate surface area is 190 Å². The molecule has 1 unspecified atom stereocenters. The van der Waals surface area contributed by atoms with Crippen molar-refractivity contribution < 1.29 is 18.7 Å². The molecule has 9 nitrogen and oxygen atoms in total. The molecule has 0 bridgehead atoms. The molecule has 0 saturated carbocycles. The lowest BCUT2D eigenvalue weighted by Gasteiger charge is -2.14. The van der Waals surface area contributed by atoms with Crippen molar-refractivity contribution in [1.29, 1.82) is 0 Å². The van der Waals surface area contributed by atoms with Gasteiger partial charge in [0.15, 0.2) is 0 Å². The molecule has 0 aliphatic heterocycles. The molecule has 2 amide bonds. The van der Waals surface area contributed by atoms with E-state index in [-0.39, 0.29) is 29.8 Å². The second-order valence-corrected chi connectivity index (χ2v) is 7.41. The van der Waals surface area contributed by atoms with E-state index in [1.807, 2.05) is 31.2 Å². The number of amidine groups is 1. The number of hydrogen-bond donors (Lipinski definition) is 4. The Morgan fingerprint density at radius 2 is 1.64 bits per heavy atom. The number of halogens is 1. The van der Waals surface area contributed by atoms with Crippen LogP contribution < -0.4 is 22.2 Å². The number of nitrogens with one attached hydrogen (secondary N) is 2. The lowest BCUT2D eigenvalue weighted by Crippen LogP contribution is -2.31. The number of benzene rings is 2. The molecule has 2 aromatic carbocycles. The van der Waals surface area contributed by atoms with Crippen molar-refractivity contribution in [2.45, 2.75) is 19.5 Å². The summed E-state index contributed by atoms with van der Waals surface area (Å²) < 4.78 is 14.3. The molecule has 10 heteroatoms. The van der Waals surface area contributed by atoms with Crippen LogP contribution in [-0.4, -0.2) is 39.4 Å². The van der Waals surface area contributed by atoms with E-state index in [4.69, 9.17) is 11.6 Å². The summed E-state index contributed by atoms with van der Waals surface area (Å²) in [5, 5.41) is 5.53. The van der Waals surface area contributed by atoms with Crippen LogP contribution in [0, 0.1) is 5.82 Å². The molecule has 1 aromatic heterocycles. The second-order valence-electron chi connectivity index (χ2n) is 7.41. The smallest absolute Gasteiger partial charge is 0.297 e. The van der Waals surface area contributed by atoms with Gasteiger partial charge in [-0.2, -0.15) is 4.68 Å². The summed E-state index contributed by atoms with van der Waals surface area (Å²) in [6, 6.07) is 14.1. The maximum Gasteiger partial charge on any atom is 0.297 e. The molecule has 3 aromatic rings. The van der Waals surface area contributed by atoms with Gasteiger partial charge in [-0.3, -0.25) is 21.2 Å². The highest BCUT2D eigenvalue weighted by atomic mass is 19.1. The average Bonchev–Trinajstić information content (AvgIpc) is 2.83. The number of rotatable bonds is 7. The summed E-state index contributed by atoms with van der Waals surface area (Å²) in [5.74, 6) is 4.79. The van der Waals surface area contributed by atoms with Crippen molar-refractivity contribution in [2.24, 2.45) is 11.6 Å². The Hall–Kier alpha value is -4.34. The average molecular weight is 450 g/mol. The molecule has 0 radical (unpaired) electrons. The van der Waals surface area contributed by atoms with Crippen molar-refractivity contribution in [3.8, 4) is 0 Å². The molecule has 0 spiro atoms. The quantitative estimate of drug-likeness (QED) is 0.141. The lowest BCUT2D eigenvalue weighted by molar-refractivity contribution is -0.509. The maximum atomic E-state index is 13.0. The molecule has 33 heavy (non-hydrogen) atoms. The zero-order valence-corrected chi connectivity index (χ0v) is 18.2.